The van der Waals surface area contributed by atoms with Crippen molar-refractivity contribution in [3.63, 3.8) is 0 Å². The molecule has 1 aromatic heterocycles. The molecule has 2 amide bonds. The normalized spacial score (nSPS) is 22.9. The van der Waals surface area contributed by atoms with E-state index in [0.717, 1.165) is 30.5 Å². The van der Waals surface area contributed by atoms with Crippen molar-refractivity contribution in [2.75, 3.05) is 25.0 Å². The van der Waals surface area contributed by atoms with Crippen LogP contribution < -0.4 is 10.6 Å². The number of hydrogen-bond donors (Lipinski definition) is 2. The monoisotopic (exact) mass is 381 g/mol. The zero-order valence-corrected chi connectivity index (χ0v) is 14.3. The van der Waals surface area contributed by atoms with Gasteiger partial charge >= 0.3 is 6.18 Å². The highest BCUT2D eigenvalue weighted by Gasteiger charge is 2.67. The van der Waals surface area contributed by atoms with Gasteiger partial charge in [-0.15, -0.1) is 0 Å². The number of carbonyl (C=O) groups is 2. The third-order valence-electron chi connectivity index (χ3n) is 5.03. The number of imidazole rings is 1. The fourth-order valence-electron chi connectivity index (χ4n) is 3.71. The molecule has 144 valence electrons. The summed E-state index contributed by atoms with van der Waals surface area (Å²) in [5, 5.41) is 4.12. The second-order valence-corrected chi connectivity index (χ2v) is 6.77. The van der Waals surface area contributed by atoms with Crippen LogP contribution in [0.4, 0.5) is 19.1 Å². The topological polar surface area (TPSA) is 79.3 Å². The van der Waals surface area contributed by atoms with Gasteiger partial charge in [-0.05, 0) is 38.1 Å². The van der Waals surface area contributed by atoms with Gasteiger partial charge in [0.2, 0.25) is 11.9 Å². The predicted octanol–water partition coefficient (Wildman–Crippen LogP) is 1.81. The van der Waals surface area contributed by atoms with E-state index in [-0.39, 0.29) is 17.9 Å². The molecule has 2 aliphatic rings. The highest BCUT2D eigenvalue weighted by Crippen LogP contribution is 2.43. The second kappa shape index (κ2) is 6.22. The van der Waals surface area contributed by atoms with E-state index in [0.29, 0.717) is 12.1 Å². The van der Waals surface area contributed by atoms with Crippen LogP contribution in [0.3, 0.4) is 0 Å². The lowest BCUT2D eigenvalue weighted by Gasteiger charge is -2.32. The summed E-state index contributed by atoms with van der Waals surface area (Å²) >= 11 is 0. The lowest BCUT2D eigenvalue weighted by Crippen LogP contribution is -2.63. The van der Waals surface area contributed by atoms with Gasteiger partial charge in [0.05, 0.1) is 11.0 Å². The summed E-state index contributed by atoms with van der Waals surface area (Å²) in [5.74, 6) is -2.43. The van der Waals surface area contributed by atoms with Gasteiger partial charge in [0.25, 0.3) is 11.6 Å². The van der Waals surface area contributed by atoms with Gasteiger partial charge in [-0.25, -0.2) is 4.98 Å². The summed E-state index contributed by atoms with van der Waals surface area (Å²) in [6.45, 7) is 2.02. The van der Waals surface area contributed by atoms with Crippen LogP contribution in [0.5, 0.6) is 0 Å². The average Bonchev–Trinajstić information content (AvgIpc) is 3.29. The molecule has 1 atom stereocenters. The van der Waals surface area contributed by atoms with Crippen LogP contribution in [-0.4, -0.2) is 52.1 Å². The molecule has 1 saturated heterocycles. The van der Waals surface area contributed by atoms with Crippen LogP contribution >= 0.6 is 0 Å². The van der Waals surface area contributed by atoms with E-state index >= 15 is 0 Å². The molecule has 0 radical (unpaired) electrons. The van der Waals surface area contributed by atoms with Gasteiger partial charge in [-0.3, -0.25) is 19.5 Å². The molecule has 1 fully saturated rings. The predicted molar refractivity (Wildman–Crippen MR) is 90.8 cm³/mol. The fourth-order valence-corrected chi connectivity index (χ4v) is 3.71. The number of nitrogens with one attached hydrogen (secondary N) is 2. The van der Waals surface area contributed by atoms with Crippen molar-refractivity contribution in [2.45, 2.75) is 31.1 Å². The van der Waals surface area contributed by atoms with Crippen molar-refractivity contribution in [1.82, 2.24) is 19.8 Å². The van der Waals surface area contributed by atoms with Crippen molar-refractivity contribution in [1.29, 1.82) is 0 Å². The van der Waals surface area contributed by atoms with Gasteiger partial charge in [0.1, 0.15) is 0 Å². The molecule has 2 aromatic rings. The van der Waals surface area contributed by atoms with Crippen molar-refractivity contribution < 1.29 is 22.8 Å². The molecular weight excluding hydrogens is 363 g/mol. The van der Waals surface area contributed by atoms with Crippen LogP contribution in [0.1, 0.15) is 19.3 Å². The van der Waals surface area contributed by atoms with Gasteiger partial charge < -0.3 is 10.2 Å². The van der Waals surface area contributed by atoms with E-state index in [1.54, 1.807) is 18.2 Å². The Labute approximate surface area is 152 Å². The molecule has 0 aliphatic carbocycles. The number of likely N-dealkylation sites (tertiary alicyclic amines) is 1. The Morgan fingerprint density at radius 1 is 1.26 bits per heavy atom. The number of para-hydroxylation sites is 2. The summed E-state index contributed by atoms with van der Waals surface area (Å²) in [6.07, 6.45) is -3.13. The number of nitrogens with zero attached hydrogens (tertiary/aromatic N) is 3. The molecule has 10 heteroatoms. The van der Waals surface area contributed by atoms with E-state index in [4.69, 9.17) is 0 Å². The van der Waals surface area contributed by atoms with E-state index < -0.39 is 23.7 Å². The molecule has 1 aromatic carbocycles. The van der Waals surface area contributed by atoms with E-state index in [1.807, 2.05) is 10.2 Å². The molecule has 0 saturated carbocycles. The number of halogens is 3. The fraction of sp³-hybridized carbons (Fsp3) is 0.471. The number of anilines is 1. The molecule has 7 nitrogen and oxygen atoms in total. The highest BCUT2D eigenvalue weighted by molar-refractivity contribution is 6.05. The summed E-state index contributed by atoms with van der Waals surface area (Å²) in [6, 6.07) is 6.17. The minimum absolute atomic E-state index is 0.114. The SMILES string of the molecule is O=C(CCN1CCCC1)NC1(C(F)(F)F)C(=O)Nc2nc3ccccc3n21. The Hall–Kier alpha value is -2.62. The molecule has 4 rings (SSSR count). The average molecular weight is 381 g/mol. The Morgan fingerprint density at radius 2 is 1.96 bits per heavy atom. The van der Waals surface area contributed by atoms with Crippen LogP contribution in [0.15, 0.2) is 24.3 Å². The van der Waals surface area contributed by atoms with Gasteiger partial charge in [-0.1, -0.05) is 12.1 Å². The maximum absolute atomic E-state index is 14.1. The number of amides is 2. The maximum Gasteiger partial charge on any atom is 0.440 e. The smallest absolute Gasteiger partial charge is 0.317 e. The van der Waals surface area contributed by atoms with Crippen LogP contribution in [0.2, 0.25) is 0 Å². The summed E-state index contributed by atoms with van der Waals surface area (Å²) in [7, 11) is 0. The first-order chi connectivity index (χ1) is 12.8. The van der Waals surface area contributed by atoms with E-state index in [1.165, 1.54) is 6.07 Å². The van der Waals surface area contributed by atoms with Crippen LogP contribution in [0.25, 0.3) is 11.0 Å². The van der Waals surface area contributed by atoms with E-state index in [2.05, 4.69) is 10.3 Å². The third-order valence-corrected chi connectivity index (χ3v) is 5.03. The lowest BCUT2D eigenvalue weighted by molar-refractivity contribution is -0.217. The number of aromatic nitrogens is 2. The number of hydrogen-bond acceptors (Lipinski definition) is 4. The minimum atomic E-state index is -5.05. The quantitative estimate of drug-likeness (QED) is 0.847. The zero-order chi connectivity index (χ0) is 19.2. The number of fused-ring (bicyclic) bond motifs is 3. The molecular formula is C17H18F3N5O2. The van der Waals surface area contributed by atoms with E-state index in [9.17, 15) is 22.8 Å². The molecule has 1 unspecified atom stereocenters. The Bertz CT molecular complexity index is 904. The Morgan fingerprint density at radius 3 is 2.67 bits per heavy atom. The molecule has 0 spiro atoms. The Kier molecular flexibility index (Phi) is 4.10. The molecule has 2 N–H and O–H groups in total. The van der Waals surface area contributed by atoms with Gasteiger partial charge in [-0.2, -0.15) is 13.2 Å². The summed E-state index contributed by atoms with van der Waals surface area (Å²) in [5.41, 5.74) is -2.80. The molecule has 27 heavy (non-hydrogen) atoms. The zero-order valence-electron chi connectivity index (χ0n) is 14.3. The van der Waals surface area contributed by atoms with Crippen molar-refractivity contribution in [3.8, 4) is 0 Å². The van der Waals surface area contributed by atoms with Crippen molar-refractivity contribution >= 4 is 28.8 Å². The molecule has 3 heterocycles. The third kappa shape index (κ3) is 2.75. The standard InChI is InChI=1S/C17H18F3N5O2/c18-17(19,20)16(23-13(26)7-10-24-8-3-4-9-24)14(27)22-15-21-11-5-1-2-6-12(11)25(15)16/h1-2,5-6H,3-4,7-10H2,(H,23,26)(H,21,22,27). The highest BCUT2D eigenvalue weighted by atomic mass is 19.4. The second-order valence-electron chi connectivity index (χ2n) is 6.77. The number of benzene rings is 1. The lowest BCUT2D eigenvalue weighted by atomic mass is 10.1. The first kappa shape index (κ1) is 17.8. The van der Waals surface area contributed by atoms with Crippen LogP contribution in [0, 0.1) is 0 Å². The number of rotatable bonds is 4. The summed E-state index contributed by atoms with van der Waals surface area (Å²) < 4.78 is 43.1. The minimum Gasteiger partial charge on any atom is -0.317 e. The number of carbonyl (C=O) groups excluding carboxylic acids is 2. The summed E-state index contributed by atoms with van der Waals surface area (Å²) in [4.78, 5) is 30.8. The van der Waals surface area contributed by atoms with Gasteiger partial charge in [0.15, 0.2) is 0 Å². The van der Waals surface area contributed by atoms with Crippen molar-refractivity contribution in [3.05, 3.63) is 24.3 Å². The first-order valence-corrected chi connectivity index (χ1v) is 8.72. The van der Waals surface area contributed by atoms with Crippen molar-refractivity contribution in [2.24, 2.45) is 0 Å². The van der Waals surface area contributed by atoms with Gasteiger partial charge in [0, 0.05) is 13.0 Å². The number of alkyl halides is 3. The largest absolute Gasteiger partial charge is 0.440 e. The molecule has 0 bridgehead atoms. The van der Waals surface area contributed by atoms with Crippen LogP contribution in [-0.2, 0) is 15.3 Å². The Balaban J connectivity index is 1.69. The first-order valence-electron chi connectivity index (χ1n) is 8.72. The maximum atomic E-state index is 14.1. The molecule has 2 aliphatic heterocycles.